The van der Waals surface area contributed by atoms with Gasteiger partial charge in [-0.25, -0.2) is 0 Å². The minimum atomic E-state index is -0.292. The van der Waals surface area contributed by atoms with E-state index in [1.165, 1.54) is 54.6 Å². The van der Waals surface area contributed by atoms with E-state index >= 15 is 0 Å². The summed E-state index contributed by atoms with van der Waals surface area (Å²) >= 11 is 0. The summed E-state index contributed by atoms with van der Waals surface area (Å²) in [4.78, 5) is 2.64. The van der Waals surface area contributed by atoms with Gasteiger partial charge in [-0.2, -0.15) is 0 Å². The Hall–Kier alpha value is -1.64. The van der Waals surface area contributed by atoms with Gasteiger partial charge < -0.3 is 10.0 Å². The predicted molar refractivity (Wildman–Crippen MR) is 107 cm³/mol. The summed E-state index contributed by atoms with van der Waals surface area (Å²) in [6.07, 6.45) is 5.46. The number of hydrogen-bond donors (Lipinski definition) is 1. The number of likely N-dealkylation sites (tertiary alicyclic amines) is 1. The molecule has 1 aliphatic carbocycles. The third-order valence-electron chi connectivity index (χ3n) is 6.54. The topological polar surface area (TPSA) is 23.5 Å². The summed E-state index contributed by atoms with van der Waals surface area (Å²) < 4.78 is 0. The third kappa shape index (κ3) is 3.87. The number of aliphatic hydroxyl groups excluding tert-OH is 1. The summed E-state index contributed by atoms with van der Waals surface area (Å²) in [6, 6.07) is 17.4. The third-order valence-corrected chi connectivity index (χ3v) is 6.54. The van der Waals surface area contributed by atoms with Crippen LogP contribution in [0.15, 0.2) is 48.5 Å². The van der Waals surface area contributed by atoms with Gasteiger partial charge in [-0.05, 0) is 86.2 Å². The molecule has 0 amide bonds. The average molecular weight is 350 g/mol. The Morgan fingerprint density at radius 3 is 2.50 bits per heavy atom. The zero-order valence-electron chi connectivity index (χ0n) is 15.9. The van der Waals surface area contributed by atoms with Gasteiger partial charge in [-0.3, -0.25) is 0 Å². The number of fused-ring (bicyclic) bond motifs is 1. The average Bonchev–Trinajstić information content (AvgIpc) is 2.83. The Morgan fingerprint density at radius 2 is 1.73 bits per heavy atom. The highest BCUT2D eigenvalue weighted by molar-refractivity contribution is 5.37. The maximum atomic E-state index is 10.7. The summed E-state index contributed by atoms with van der Waals surface area (Å²) in [7, 11) is 0. The Bertz CT molecular complexity index is 718. The Balaban J connectivity index is 1.34. The number of hydrogen-bond acceptors (Lipinski definition) is 2. The molecule has 2 aromatic carbocycles. The monoisotopic (exact) mass is 349 g/mol. The second kappa shape index (κ2) is 7.94. The molecule has 2 nitrogen and oxygen atoms in total. The molecule has 0 radical (unpaired) electrons. The molecule has 0 bridgehead atoms. The fraction of sp³-hybridized carbons (Fsp3) is 0.500. The summed E-state index contributed by atoms with van der Waals surface area (Å²) in [5.41, 5.74) is 5.41. The molecular formula is C24H31NO. The van der Waals surface area contributed by atoms with Crippen molar-refractivity contribution < 1.29 is 5.11 Å². The van der Waals surface area contributed by atoms with E-state index in [-0.39, 0.29) is 6.10 Å². The molecule has 4 rings (SSSR count). The van der Waals surface area contributed by atoms with Crippen LogP contribution in [0.1, 0.15) is 60.0 Å². The predicted octanol–water partition coefficient (Wildman–Crippen LogP) is 4.86. The van der Waals surface area contributed by atoms with Crippen LogP contribution in [0.4, 0.5) is 0 Å². The second-order valence-electron chi connectivity index (χ2n) is 8.28. The maximum absolute atomic E-state index is 10.7. The molecule has 0 unspecified atom stereocenters. The van der Waals surface area contributed by atoms with Gasteiger partial charge in [-0.1, -0.05) is 48.5 Å². The summed E-state index contributed by atoms with van der Waals surface area (Å²) in [6.45, 7) is 5.71. The zero-order valence-corrected chi connectivity index (χ0v) is 15.9. The molecule has 138 valence electrons. The van der Waals surface area contributed by atoms with Crippen LogP contribution in [0.25, 0.3) is 0 Å². The Labute approximate surface area is 157 Å². The lowest BCUT2D eigenvalue weighted by molar-refractivity contribution is 0.117. The van der Waals surface area contributed by atoms with Crippen LogP contribution in [-0.4, -0.2) is 29.6 Å². The Morgan fingerprint density at radius 1 is 0.962 bits per heavy atom. The summed E-state index contributed by atoms with van der Waals surface area (Å²) in [5.74, 6) is 1.32. The molecule has 2 aromatic rings. The first kappa shape index (κ1) is 17.8. The van der Waals surface area contributed by atoms with Crippen LogP contribution >= 0.6 is 0 Å². The van der Waals surface area contributed by atoms with Gasteiger partial charge in [0.05, 0.1) is 6.10 Å². The van der Waals surface area contributed by atoms with Crippen LogP contribution in [0, 0.1) is 12.8 Å². The van der Waals surface area contributed by atoms with Crippen LogP contribution < -0.4 is 0 Å². The lowest BCUT2D eigenvalue weighted by atomic mass is 9.88. The molecule has 2 atom stereocenters. The van der Waals surface area contributed by atoms with Crippen LogP contribution in [0.5, 0.6) is 0 Å². The van der Waals surface area contributed by atoms with Crippen molar-refractivity contribution in [2.75, 3.05) is 19.6 Å². The Kier molecular flexibility index (Phi) is 5.42. The zero-order chi connectivity index (χ0) is 17.9. The first-order valence-corrected chi connectivity index (χ1v) is 10.2. The van der Waals surface area contributed by atoms with E-state index in [1.54, 1.807) is 0 Å². The van der Waals surface area contributed by atoms with Crippen molar-refractivity contribution >= 4 is 0 Å². The van der Waals surface area contributed by atoms with Gasteiger partial charge in [0, 0.05) is 6.54 Å². The van der Waals surface area contributed by atoms with Gasteiger partial charge in [0.15, 0.2) is 0 Å². The number of piperidine rings is 1. The summed E-state index contributed by atoms with van der Waals surface area (Å²) in [5, 5.41) is 10.7. The van der Waals surface area contributed by atoms with Gasteiger partial charge in [0.2, 0.25) is 0 Å². The van der Waals surface area contributed by atoms with Crippen molar-refractivity contribution in [1.29, 1.82) is 0 Å². The number of nitrogens with zero attached hydrogens (tertiary/aromatic N) is 1. The normalized spacial score (nSPS) is 24.8. The number of aryl methyl sites for hydroxylation is 1. The van der Waals surface area contributed by atoms with Crippen molar-refractivity contribution in [3.63, 3.8) is 0 Å². The lowest BCUT2D eigenvalue weighted by Gasteiger charge is -2.34. The molecule has 1 N–H and O–H groups in total. The van der Waals surface area contributed by atoms with Crippen molar-refractivity contribution in [2.24, 2.45) is 5.92 Å². The van der Waals surface area contributed by atoms with Crippen molar-refractivity contribution in [3.8, 4) is 0 Å². The molecule has 1 heterocycles. The second-order valence-corrected chi connectivity index (χ2v) is 8.28. The molecule has 0 saturated carbocycles. The van der Waals surface area contributed by atoms with E-state index < -0.39 is 0 Å². The van der Waals surface area contributed by atoms with E-state index in [0.717, 1.165) is 25.3 Å². The van der Waals surface area contributed by atoms with Gasteiger partial charge in [-0.15, -0.1) is 0 Å². The molecular weight excluding hydrogens is 318 g/mol. The van der Waals surface area contributed by atoms with E-state index in [1.807, 2.05) is 0 Å². The van der Waals surface area contributed by atoms with Crippen LogP contribution in [0.2, 0.25) is 0 Å². The van der Waals surface area contributed by atoms with Crippen LogP contribution in [0.3, 0.4) is 0 Å². The standard InChI is InChI=1S/C24H31NO/c1-18-6-5-9-23-22(18)11-10-19(16-24(23)26)17-25-14-12-21(13-15-25)20-7-3-2-4-8-20/h2-9,19,21,24,26H,10-17H2,1H3/t19-,24-/m1/s1. The quantitative estimate of drug-likeness (QED) is 0.800. The molecule has 0 spiro atoms. The molecule has 2 aliphatic rings. The van der Waals surface area contributed by atoms with Gasteiger partial charge in [0.25, 0.3) is 0 Å². The van der Waals surface area contributed by atoms with Crippen molar-refractivity contribution in [3.05, 3.63) is 70.8 Å². The first-order chi connectivity index (χ1) is 12.7. The highest BCUT2D eigenvalue weighted by Gasteiger charge is 2.27. The lowest BCUT2D eigenvalue weighted by Crippen LogP contribution is -2.36. The van der Waals surface area contributed by atoms with Crippen molar-refractivity contribution in [2.45, 2.75) is 51.0 Å². The number of rotatable bonds is 3. The minimum absolute atomic E-state index is 0.292. The van der Waals surface area contributed by atoms with E-state index in [2.05, 4.69) is 60.4 Å². The molecule has 1 aliphatic heterocycles. The molecule has 0 aromatic heterocycles. The van der Waals surface area contributed by atoms with Crippen LogP contribution in [-0.2, 0) is 6.42 Å². The van der Waals surface area contributed by atoms with E-state index in [9.17, 15) is 5.11 Å². The fourth-order valence-corrected chi connectivity index (χ4v) is 4.99. The maximum Gasteiger partial charge on any atom is 0.0795 e. The molecule has 2 heteroatoms. The van der Waals surface area contributed by atoms with E-state index in [0.29, 0.717) is 5.92 Å². The highest BCUT2D eigenvalue weighted by atomic mass is 16.3. The fourth-order valence-electron chi connectivity index (χ4n) is 4.99. The minimum Gasteiger partial charge on any atom is -0.388 e. The van der Waals surface area contributed by atoms with Gasteiger partial charge in [0.1, 0.15) is 0 Å². The number of benzene rings is 2. The first-order valence-electron chi connectivity index (χ1n) is 10.2. The smallest absolute Gasteiger partial charge is 0.0795 e. The van der Waals surface area contributed by atoms with Gasteiger partial charge >= 0.3 is 0 Å². The van der Waals surface area contributed by atoms with Crippen molar-refractivity contribution in [1.82, 2.24) is 4.90 Å². The molecule has 26 heavy (non-hydrogen) atoms. The molecule has 1 fully saturated rings. The highest BCUT2D eigenvalue weighted by Crippen LogP contribution is 2.35. The largest absolute Gasteiger partial charge is 0.388 e. The number of aliphatic hydroxyl groups is 1. The van der Waals surface area contributed by atoms with E-state index in [4.69, 9.17) is 0 Å². The SMILES string of the molecule is Cc1cccc2c1CC[C@@H](CN1CCC(c3ccccc3)CC1)C[C@H]2O. The molecule has 1 saturated heterocycles.